The summed E-state index contributed by atoms with van der Waals surface area (Å²) in [6.45, 7) is 14.3. The molecule has 2 N–H and O–H groups in total. The third-order valence-electron chi connectivity index (χ3n) is 4.34. The summed E-state index contributed by atoms with van der Waals surface area (Å²) in [6.07, 6.45) is -7.26. The first kappa shape index (κ1) is 26.3. The van der Waals surface area contributed by atoms with Crippen molar-refractivity contribution in [2.75, 3.05) is 6.61 Å². The molecule has 0 saturated carbocycles. The molecule has 1 rings (SSSR count). The minimum absolute atomic E-state index is 0.377. The van der Waals surface area contributed by atoms with E-state index in [0.29, 0.717) is 0 Å². The van der Waals surface area contributed by atoms with Gasteiger partial charge in [0, 0.05) is 0 Å². The number of ether oxygens (including phenoxy) is 4. The zero-order chi connectivity index (χ0) is 23.7. The van der Waals surface area contributed by atoms with Crippen LogP contribution in [0.3, 0.4) is 0 Å². The highest BCUT2D eigenvalue weighted by molar-refractivity contribution is 5.77. The van der Waals surface area contributed by atoms with Crippen LogP contribution in [0.15, 0.2) is 0 Å². The van der Waals surface area contributed by atoms with E-state index in [0.717, 1.165) is 0 Å². The van der Waals surface area contributed by atoms with Crippen LogP contribution in [0.25, 0.3) is 0 Å². The van der Waals surface area contributed by atoms with Gasteiger partial charge < -0.3 is 29.2 Å². The molecule has 1 aliphatic rings. The lowest BCUT2D eigenvalue weighted by Gasteiger charge is -2.42. The number of carbonyl (C=O) groups is 3. The van der Waals surface area contributed by atoms with Crippen LogP contribution in [-0.4, -0.2) is 65.4 Å². The molecule has 0 aromatic rings. The van der Waals surface area contributed by atoms with E-state index >= 15 is 0 Å². The van der Waals surface area contributed by atoms with Crippen molar-refractivity contribution in [2.45, 2.75) is 93.0 Å². The van der Waals surface area contributed by atoms with Gasteiger partial charge in [0.25, 0.3) is 0 Å². The van der Waals surface area contributed by atoms with E-state index in [2.05, 4.69) is 0 Å². The number of aliphatic hydroxyl groups excluding tert-OH is 2. The quantitative estimate of drug-likeness (QED) is 0.502. The fraction of sp³-hybridized carbons (Fsp3) is 0.857. The average molecular weight is 433 g/mol. The Kier molecular flexibility index (Phi) is 8.07. The zero-order valence-corrected chi connectivity index (χ0v) is 19.3. The highest BCUT2D eigenvalue weighted by Gasteiger charge is 2.51. The smallest absolute Gasteiger partial charge is 0.311 e. The van der Waals surface area contributed by atoms with Crippen molar-refractivity contribution in [2.24, 2.45) is 16.2 Å². The van der Waals surface area contributed by atoms with Crippen LogP contribution in [0.4, 0.5) is 0 Å². The number of rotatable bonds is 4. The Hall–Kier alpha value is -1.71. The Bertz CT molecular complexity index is 636. The maximum Gasteiger partial charge on any atom is 0.311 e. The third-order valence-corrected chi connectivity index (χ3v) is 4.34. The zero-order valence-electron chi connectivity index (χ0n) is 19.3. The van der Waals surface area contributed by atoms with Crippen LogP contribution in [0.5, 0.6) is 0 Å². The fourth-order valence-electron chi connectivity index (χ4n) is 2.28. The molecule has 1 heterocycles. The summed E-state index contributed by atoms with van der Waals surface area (Å²) in [5.74, 6) is -1.86. The van der Waals surface area contributed by atoms with Gasteiger partial charge in [-0.1, -0.05) is 0 Å². The second kappa shape index (κ2) is 9.20. The summed E-state index contributed by atoms with van der Waals surface area (Å²) in [7, 11) is 0. The summed E-state index contributed by atoms with van der Waals surface area (Å²) in [5.41, 5.74) is -2.58. The van der Waals surface area contributed by atoms with Crippen molar-refractivity contribution in [3.63, 3.8) is 0 Å². The van der Waals surface area contributed by atoms with Crippen molar-refractivity contribution in [1.82, 2.24) is 0 Å². The number of carbonyl (C=O) groups excluding carboxylic acids is 3. The molecular weight excluding hydrogens is 396 g/mol. The molecule has 0 aromatic carbocycles. The van der Waals surface area contributed by atoms with Gasteiger partial charge in [-0.25, -0.2) is 0 Å². The lowest BCUT2D eigenvalue weighted by molar-refractivity contribution is -0.297. The van der Waals surface area contributed by atoms with Crippen LogP contribution in [0.2, 0.25) is 0 Å². The van der Waals surface area contributed by atoms with Gasteiger partial charge in [-0.2, -0.15) is 0 Å². The second-order valence-electron chi connectivity index (χ2n) is 10.6. The molecule has 174 valence electrons. The summed E-state index contributed by atoms with van der Waals surface area (Å²) >= 11 is 0. The molecule has 0 unspecified atom stereocenters. The molecule has 1 saturated heterocycles. The SMILES string of the molecule is CC(C)(C)C(=O)OC[C@H]1O[C@@H](O)[C@H](OC(=O)C(C)(C)C)[C@@H](OC(=O)C(C)(C)C)[C@@H]1O. The molecule has 0 aliphatic carbocycles. The topological polar surface area (TPSA) is 129 Å². The standard InChI is InChI=1S/C21H36O9/c1-19(2,3)16(24)27-10-11-12(22)13(29-17(25)20(4,5)6)14(15(23)28-11)30-18(26)21(7,8)9/h11-15,22-23H,10H2,1-9H3/t11-,12-,13+,14-,15-/m1/s1. The Balaban J connectivity index is 3.09. The number of aliphatic hydroxyl groups is 2. The molecule has 30 heavy (non-hydrogen) atoms. The molecule has 0 radical (unpaired) electrons. The van der Waals surface area contributed by atoms with E-state index in [1.54, 1.807) is 62.3 Å². The molecule has 0 aromatic heterocycles. The first-order valence-electron chi connectivity index (χ1n) is 9.96. The summed E-state index contributed by atoms with van der Waals surface area (Å²) in [4.78, 5) is 36.8. The first-order chi connectivity index (χ1) is 13.4. The molecular formula is C21H36O9. The second-order valence-corrected chi connectivity index (χ2v) is 10.6. The summed E-state index contributed by atoms with van der Waals surface area (Å²) < 4.78 is 21.3. The number of esters is 3. The first-order valence-corrected chi connectivity index (χ1v) is 9.96. The van der Waals surface area contributed by atoms with Gasteiger partial charge in [0.2, 0.25) is 0 Å². The third kappa shape index (κ3) is 6.92. The van der Waals surface area contributed by atoms with E-state index in [4.69, 9.17) is 18.9 Å². The minimum atomic E-state index is -1.70. The van der Waals surface area contributed by atoms with Crippen molar-refractivity contribution in [3.8, 4) is 0 Å². The van der Waals surface area contributed by atoms with Gasteiger partial charge >= 0.3 is 17.9 Å². The normalized spacial score (nSPS) is 27.9. The molecule has 9 heteroatoms. The fourth-order valence-corrected chi connectivity index (χ4v) is 2.28. The van der Waals surface area contributed by atoms with E-state index in [1.807, 2.05) is 0 Å². The number of hydrogen-bond acceptors (Lipinski definition) is 9. The van der Waals surface area contributed by atoms with Gasteiger partial charge in [0.05, 0.1) is 16.2 Å². The van der Waals surface area contributed by atoms with E-state index in [9.17, 15) is 24.6 Å². The van der Waals surface area contributed by atoms with E-state index in [-0.39, 0.29) is 6.61 Å². The van der Waals surface area contributed by atoms with E-state index < -0.39 is 64.9 Å². The van der Waals surface area contributed by atoms with Crippen LogP contribution < -0.4 is 0 Å². The summed E-state index contributed by atoms with van der Waals surface area (Å²) in [5, 5.41) is 21.2. The molecule has 1 aliphatic heterocycles. The highest BCUT2D eigenvalue weighted by Crippen LogP contribution is 2.30. The molecule has 0 amide bonds. The van der Waals surface area contributed by atoms with Crippen LogP contribution in [0.1, 0.15) is 62.3 Å². The maximum absolute atomic E-state index is 12.4. The van der Waals surface area contributed by atoms with Crippen molar-refractivity contribution >= 4 is 17.9 Å². The summed E-state index contributed by atoms with van der Waals surface area (Å²) in [6, 6.07) is 0. The molecule has 0 bridgehead atoms. The Morgan fingerprint density at radius 2 is 1.13 bits per heavy atom. The van der Waals surface area contributed by atoms with E-state index in [1.165, 1.54) is 0 Å². The van der Waals surface area contributed by atoms with Gasteiger partial charge in [0.1, 0.15) is 18.8 Å². The van der Waals surface area contributed by atoms with Crippen LogP contribution in [-0.2, 0) is 33.3 Å². The van der Waals surface area contributed by atoms with Crippen LogP contribution >= 0.6 is 0 Å². The van der Waals surface area contributed by atoms with Crippen molar-refractivity contribution in [3.05, 3.63) is 0 Å². The monoisotopic (exact) mass is 432 g/mol. The van der Waals surface area contributed by atoms with Crippen LogP contribution in [0, 0.1) is 16.2 Å². The molecule has 1 fully saturated rings. The minimum Gasteiger partial charge on any atom is -0.462 e. The van der Waals surface area contributed by atoms with Gasteiger partial charge in [-0.15, -0.1) is 0 Å². The largest absolute Gasteiger partial charge is 0.462 e. The highest BCUT2D eigenvalue weighted by atomic mass is 16.7. The van der Waals surface area contributed by atoms with Gasteiger partial charge in [0.15, 0.2) is 18.5 Å². The molecule has 5 atom stereocenters. The van der Waals surface area contributed by atoms with Crippen molar-refractivity contribution < 1.29 is 43.5 Å². The molecule has 9 nitrogen and oxygen atoms in total. The van der Waals surface area contributed by atoms with Gasteiger partial charge in [-0.3, -0.25) is 14.4 Å². The van der Waals surface area contributed by atoms with Gasteiger partial charge in [-0.05, 0) is 62.3 Å². The maximum atomic E-state index is 12.4. The lowest BCUT2D eigenvalue weighted by atomic mass is 9.94. The Labute approximate surface area is 178 Å². The molecule has 0 spiro atoms. The predicted octanol–water partition coefficient (Wildman–Crippen LogP) is 1.57. The lowest BCUT2D eigenvalue weighted by Crippen LogP contribution is -2.62. The van der Waals surface area contributed by atoms with Crippen molar-refractivity contribution in [1.29, 1.82) is 0 Å². The Morgan fingerprint density at radius 1 is 0.733 bits per heavy atom. The number of hydrogen-bond donors (Lipinski definition) is 2. The average Bonchev–Trinajstić information content (AvgIpc) is 2.56. The Morgan fingerprint density at radius 3 is 1.53 bits per heavy atom. The predicted molar refractivity (Wildman–Crippen MR) is 106 cm³/mol.